The van der Waals surface area contributed by atoms with Crippen molar-refractivity contribution >= 4 is 40.8 Å². The molecule has 110 valence electrons. The quantitative estimate of drug-likeness (QED) is 0.791. The van der Waals surface area contributed by atoms with E-state index in [1.165, 1.54) is 6.07 Å². The van der Waals surface area contributed by atoms with Crippen LogP contribution in [-0.4, -0.2) is 17.0 Å². The molecule has 20 heavy (non-hydrogen) atoms. The Morgan fingerprint density at radius 2 is 2.00 bits per heavy atom. The normalized spacial score (nSPS) is 11.9. The van der Waals surface area contributed by atoms with Gasteiger partial charge in [0.15, 0.2) is 0 Å². The third-order valence-electron chi connectivity index (χ3n) is 2.91. The molecule has 1 unspecified atom stereocenters. The van der Waals surface area contributed by atoms with Crippen LogP contribution in [0.15, 0.2) is 18.2 Å². The predicted octanol–water partition coefficient (Wildman–Crippen LogP) is 4.21. The zero-order chi connectivity index (χ0) is 15.1. The summed E-state index contributed by atoms with van der Waals surface area (Å²) in [4.78, 5) is 22.8. The summed E-state index contributed by atoms with van der Waals surface area (Å²) in [5.74, 6) is -1.59. The molecule has 0 saturated heterocycles. The van der Waals surface area contributed by atoms with Gasteiger partial charge in [-0.1, -0.05) is 36.5 Å². The van der Waals surface area contributed by atoms with Gasteiger partial charge in [-0.3, -0.25) is 9.59 Å². The number of anilines is 1. The van der Waals surface area contributed by atoms with Crippen molar-refractivity contribution < 1.29 is 14.7 Å². The van der Waals surface area contributed by atoms with Gasteiger partial charge in [-0.2, -0.15) is 0 Å². The van der Waals surface area contributed by atoms with E-state index in [2.05, 4.69) is 5.32 Å². The van der Waals surface area contributed by atoms with E-state index < -0.39 is 11.9 Å². The van der Waals surface area contributed by atoms with E-state index in [9.17, 15) is 9.59 Å². The van der Waals surface area contributed by atoms with E-state index in [4.69, 9.17) is 28.3 Å². The summed E-state index contributed by atoms with van der Waals surface area (Å²) in [7, 11) is 0. The summed E-state index contributed by atoms with van der Waals surface area (Å²) < 4.78 is 0. The van der Waals surface area contributed by atoms with Gasteiger partial charge in [0, 0.05) is 11.4 Å². The van der Waals surface area contributed by atoms with Crippen molar-refractivity contribution in [3.8, 4) is 0 Å². The Balaban J connectivity index is 2.53. The molecular weight excluding hydrogens is 301 g/mol. The number of hydrogen-bond donors (Lipinski definition) is 2. The highest BCUT2D eigenvalue weighted by atomic mass is 35.5. The minimum atomic E-state index is -0.857. The van der Waals surface area contributed by atoms with E-state index >= 15 is 0 Å². The summed E-state index contributed by atoms with van der Waals surface area (Å²) >= 11 is 11.7. The number of aliphatic carboxylic acids is 1. The number of amides is 1. The third-order valence-corrected chi connectivity index (χ3v) is 3.46. The van der Waals surface area contributed by atoms with Crippen molar-refractivity contribution in [2.75, 3.05) is 5.32 Å². The van der Waals surface area contributed by atoms with Crippen LogP contribution in [0.2, 0.25) is 10.0 Å². The Morgan fingerprint density at radius 1 is 1.30 bits per heavy atom. The maximum atomic E-state index is 11.8. The van der Waals surface area contributed by atoms with Crippen LogP contribution in [-0.2, 0) is 9.59 Å². The first-order chi connectivity index (χ1) is 9.43. The number of hydrogen-bond acceptors (Lipinski definition) is 2. The number of halogens is 2. The van der Waals surface area contributed by atoms with Gasteiger partial charge in [-0.25, -0.2) is 0 Å². The second-order valence-corrected chi connectivity index (χ2v) is 5.38. The lowest BCUT2D eigenvalue weighted by Crippen LogP contribution is -2.18. The molecule has 0 radical (unpaired) electrons. The van der Waals surface area contributed by atoms with Crippen LogP contribution in [0.4, 0.5) is 5.69 Å². The van der Waals surface area contributed by atoms with Crippen LogP contribution < -0.4 is 5.32 Å². The average molecular weight is 318 g/mol. The van der Waals surface area contributed by atoms with Crippen LogP contribution in [0.3, 0.4) is 0 Å². The van der Waals surface area contributed by atoms with Crippen LogP contribution >= 0.6 is 23.2 Å². The molecule has 1 amide bonds. The maximum absolute atomic E-state index is 11.8. The second kappa shape index (κ2) is 8.12. The van der Waals surface area contributed by atoms with Crippen molar-refractivity contribution in [3.05, 3.63) is 28.2 Å². The molecule has 0 saturated carbocycles. The lowest BCUT2D eigenvalue weighted by atomic mass is 9.98. The minimum absolute atomic E-state index is 0.149. The first kappa shape index (κ1) is 16.8. The summed E-state index contributed by atoms with van der Waals surface area (Å²) in [5, 5.41) is 12.5. The van der Waals surface area contributed by atoms with E-state index in [1.807, 2.05) is 6.92 Å². The van der Waals surface area contributed by atoms with Gasteiger partial charge in [-0.15, -0.1) is 0 Å². The zero-order valence-electron chi connectivity index (χ0n) is 11.2. The Kier molecular flexibility index (Phi) is 6.82. The topological polar surface area (TPSA) is 66.4 Å². The van der Waals surface area contributed by atoms with Crippen molar-refractivity contribution in [2.24, 2.45) is 5.92 Å². The Morgan fingerprint density at radius 3 is 2.55 bits per heavy atom. The molecule has 0 heterocycles. The van der Waals surface area contributed by atoms with Gasteiger partial charge in [-0.05, 0) is 31.0 Å². The Hall–Kier alpha value is -1.26. The Bertz CT molecular complexity index is 491. The van der Waals surface area contributed by atoms with E-state index in [1.54, 1.807) is 12.1 Å². The van der Waals surface area contributed by atoms with E-state index in [-0.39, 0.29) is 12.3 Å². The van der Waals surface area contributed by atoms with Crippen molar-refractivity contribution in [1.29, 1.82) is 0 Å². The average Bonchev–Trinajstić information content (AvgIpc) is 2.37. The molecular formula is C14H17Cl2NO3. The summed E-state index contributed by atoms with van der Waals surface area (Å²) in [6.45, 7) is 1.92. The van der Waals surface area contributed by atoms with Crippen LogP contribution in [0.1, 0.15) is 32.6 Å². The number of rotatable bonds is 7. The molecule has 0 aliphatic carbocycles. The van der Waals surface area contributed by atoms with Gasteiger partial charge in [0.2, 0.25) is 5.91 Å². The number of carboxylic acids is 1. The van der Waals surface area contributed by atoms with Gasteiger partial charge in [0.05, 0.1) is 16.6 Å². The number of carbonyl (C=O) groups is 2. The summed E-state index contributed by atoms with van der Waals surface area (Å²) in [6, 6.07) is 4.78. The fourth-order valence-corrected chi connectivity index (χ4v) is 2.30. The third kappa shape index (κ3) is 5.39. The first-order valence-electron chi connectivity index (χ1n) is 6.41. The smallest absolute Gasteiger partial charge is 0.306 e. The predicted molar refractivity (Wildman–Crippen MR) is 80.4 cm³/mol. The first-order valence-corrected chi connectivity index (χ1v) is 7.17. The van der Waals surface area contributed by atoms with Crippen molar-refractivity contribution in [1.82, 2.24) is 0 Å². The fraction of sp³-hybridized carbons (Fsp3) is 0.429. The van der Waals surface area contributed by atoms with Gasteiger partial charge >= 0.3 is 5.97 Å². The number of nitrogens with one attached hydrogen (secondary N) is 1. The fourth-order valence-electron chi connectivity index (χ4n) is 1.85. The number of benzene rings is 1. The Labute approximate surface area is 128 Å². The molecule has 2 N–H and O–H groups in total. The second-order valence-electron chi connectivity index (χ2n) is 4.53. The van der Waals surface area contributed by atoms with Gasteiger partial charge < -0.3 is 10.4 Å². The van der Waals surface area contributed by atoms with Gasteiger partial charge in [0.25, 0.3) is 0 Å². The molecule has 0 bridgehead atoms. The molecule has 6 heteroatoms. The number of carbonyl (C=O) groups excluding carboxylic acids is 1. The maximum Gasteiger partial charge on any atom is 0.306 e. The minimum Gasteiger partial charge on any atom is -0.481 e. The monoisotopic (exact) mass is 317 g/mol. The molecule has 0 spiro atoms. The molecule has 0 aliphatic rings. The molecule has 0 aromatic heterocycles. The molecule has 0 fully saturated rings. The lowest BCUT2D eigenvalue weighted by Gasteiger charge is -2.11. The van der Waals surface area contributed by atoms with E-state index in [0.29, 0.717) is 28.6 Å². The van der Waals surface area contributed by atoms with Crippen molar-refractivity contribution in [3.63, 3.8) is 0 Å². The van der Waals surface area contributed by atoms with E-state index in [0.717, 1.165) is 6.42 Å². The van der Waals surface area contributed by atoms with Crippen LogP contribution in [0, 0.1) is 5.92 Å². The van der Waals surface area contributed by atoms with Gasteiger partial charge in [0.1, 0.15) is 0 Å². The molecule has 1 atom stereocenters. The van der Waals surface area contributed by atoms with Crippen molar-refractivity contribution in [2.45, 2.75) is 32.6 Å². The lowest BCUT2D eigenvalue weighted by molar-refractivity contribution is -0.142. The summed E-state index contributed by atoms with van der Waals surface area (Å²) in [6.07, 6.45) is 1.82. The van der Waals surface area contributed by atoms with Crippen LogP contribution in [0.5, 0.6) is 0 Å². The molecule has 0 aliphatic heterocycles. The number of carboxylic acid groups (broad SMARTS) is 1. The molecule has 1 rings (SSSR count). The highest BCUT2D eigenvalue weighted by molar-refractivity contribution is 6.36. The zero-order valence-corrected chi connectivity index (χ0v) is 12.7. The summed E-state index contributed by atoms with van der Waals surface area (Å²) in [5.41, 5.74) is 0.475. The SMILES string of the molecule is CCCC(CCC(=O)Nc1ccc(Cl)cc1Cl)C(=O)O. The van der Waals surface area contributed by atoms with Crippen LogP contribution in [0.25, 0.3) is 0 Å². The molecule has 4 nitrogen and oxygen atoms in total. The molecule has 1 aromatic rings. The highest BCUT2D eigenvalue weighted by Crippen LogP contribution is 2.25. The molecule has 1 aromatic carbocycles. The highest BCUT2D eigenvalue weighted by Gasteiger charge is 2.18. The largest absolute Gasteiger partial charge is 0.481 e. The standard InChI is InChI=1S/C14H17Cl2NO3/c1-2-3-9(14(19)20)4-7-13(18)17-12-6-5-10(15)8-11(12)16/h5-6,8-9H,2-4,7H2,1H3,(H,17,18)(H,19,20).